The van der Waals surface area contributed by atoms with Gasteiger partial charge in [0.1, 0.15) is 18.1 Å². The number of hydrogen-bond acceptors (Lipinski definition) is 5. The minimum absolute atomic E-state index is 0.0591. The van der Waals surface area contributed by atoms with E-state index in [4.69, 9.17) is 13.8 Å². The Kier molecular flexibility index (Phi) is 7.72. The van der Waals surface area contributed by atoms with Crippen LogP contribution in [0, 0.1) is 0 Å². The van der Waals surface area contributed by atoms with E-state index in [-0.39, 0.29) is 6.61 Å². The molecule has 2 unspecified atom stereocenters. The number of ether oxygens (including phenoxy) is 1. The lowest BCUT2D eigenvalue weighted by Gasteiger charge is -2.28. The quantitative estimate of drug-likeness (QED) is 0.198. The second-order valence-electron chi connectivity index (χ2n) is 8.56. The summed E-state index contributed by atoms with van der Waals surface area (Å²) < 4.78 is 32.4. The predicted molar refractivity (Wildman–Crippen MR) is 148 cm³/mol. The Morgan fingerprint density at radius 1 is 0.658 bits per heavy atom. The first-order valence-corrected chi connectivity index (χ1v) is 13.8. The fourth-order valence-corrected chi connectivity index (χ4v) is 5.85. The van der Waals surface area contributed by atoms with Crippen molar-refractivity contribution in [1.82, 2.24) is 5.32 Å². The van der Waals surface area contributed by atoms with E-state index < -0.39 is 19.5 Å². The van der Waals surface area contributed by atoms with Gasteiger partial charge >= 0.3 is 13.7 Å². The topological polar surface area (TPSA) is 73.9 Å². The highest BCUT2D eigenvalue weighted by atomic mass is 31.2. The van der Waals surface area contributed by atoms with Crippen molar-refractivity contribution in [2.45, 2.75) is 12.4 Å². The molecule has 6 nitrogen and oxygen atoms in total. The normalized spacial score (nSPS) is 13.2. The van der Waals surface area contributed by atoms with E-state index in [1.54, 1.807) is 60.7 Å². The lowest BCUT2D eigenvalue weighted by atomic mass is 10.1. The summed E-state index contributed by atoms with van der Waals surface area (Å²) in [5, 5.41) is 4.68. The Labute approximate surface area is 221 Å². The van der Waals surface area contributed by atoms with Crippen LogP contribution in [0.3, 0.4) is 0 Å². The maximum atomic E-state index is 14.7. The molecule has 0 aliphatic carbocycles. The Bertz CT molecular complexity index is 1540. The summed E-state index contributed by atoms with van der Waals surface area (Å²) in [7, 11) is -4.13. The number of nitrogens with one attached hydrogen (secondary N) is 1. The fourth-order valence-electron chi connectivity index (χ4n) is 3.98. The van der Waals surface area contributed by atoms with Crippen molar-refractivity contribution < 1.29 is 23.1 Å². The molecule has 5 aromatic rings. The molecule has 2 atom stereocenters. The van der Waals surface area contributed by atoms with Crippen LogP contribution in [0.15, 0.2) is 133 Å². The van der Waals surface area contributed by atoms with E-state index in [0.717, 1.165) is 16.3 Å². The first-order chi connectivity index (χ1) is 18.6. The molecule has 1 amide bonds. The lowest BCUT2D eigenvalue weighted by molar-refractivity contribution is 0.137. The van der Waals surface area contributed by atoms with E-state index in [2.05, 4.69) is 5.32 Å². The number of hydrogen-bond donors (Lipinski definition) is 1. The molecule has 38 heavy (non-hydrogen) atoms. The van der Waals surface area contributed by atoms with E-state index in [1.165, 1.54) is 0 Å². The van der Waals surface area contributed by atoms with Crippen LogP contribution in [-0.4, -0.2) is 6.09 Å². The maximum absolute atomic E-state index is 14.7. The molecule has 0 bridgehead atoms. The van der Waals surface area contributed by atoms with Crippen molar-refractivity contribution in [2.24, 2.45) is 0 Å². The largest absolute Gasteiger partial charge is 0.457 e. The summed E-state index contributed by atoms with van der Waals surface area (Å²) in [5.41, 5.74) is 1.37. The molecule has 190 valence electrons. The maximum Gasteiger partial charge on any atom is 0.457 e. The Hall–Kier alpha value is -4.54. The number of carbonyl (C=O) groups excluding carboxylic acids is 1. The molecule has 0 radical (unpaired) electrons. The smallest absolute Gasteiger partial charge is 0.445 e. The molecule has 0 aliphatic rings. The Balaban J connectivity index is 1.49. The van der Waals surface area contributed by atoms with Gasteiger partial charge in [0.05, 0.1) is 0 Å². The van der Waals surface area contributed by atoms with Gasteiger partial charge in [-0.05, 0) is 46.2 Å². The van der Waals surface area contributed by atoms with E-state index in [1.807, 2.05) is 72.8 Å². The average molecular weight is 524 g/mol. The zero-order valence-corrected chi connectivity index (χ0v) is 21.4. The molecule has 0 saturated carbocycles. The molecule has 0 aliphatic heterocycles. The second kappa shape index (κ2) is 11.7. The third-order valence-corrected chi connectivity index (χ3v) is 7.82. The van der Waals surface area contributed by atoms with Gasteiger partial charge < -0.3 is 19.1 Å². The SMILES string of the molecule is O=C(NC(c1ccccc1)P(=O)(Oc1ccccc1)Oc1ccc2ccccc2c1)OCc1ccccc1. The van der Waals surface area contributed by atoms with E-state index in [9.17, 15) is 9.36 Å². The van der Waals surface area contributed by atoms with Gasteiger partial charge in [0, 0.05) is 0 Å². The van der Waals surface area contributed by atoms with Crippen LogP contribution in [0.5, 0.6) is 11.5 Å². The van der Waals surface area contributed by atoms with E-state index in [0.29, 0.717) is 17.1 Å². The fraction of sp³-hybridized carbons (Fsp3) is 0.0645. The standard InChI is InChI=1S/C31H26NO5P/c33-31(35-23-24-12-4-1-5-13-24)32-30(26-15-6-2-7-16-26)38(34,36-28-18-8-3-9-19-28)37-29-21-20-25-14-10-11-17-27(25)22-29/h1-22,30H,23H2,(H,32,33). The molecule has 5 aromatic carbocycles. The van der Waals surface area contributed by atoms with Gasteiger partial charge in [-0.3, -0.25) is 0 Å². The summed E-state index contributed by atoms with van der Waals surface area (Å²) in [5.74, 6) is -0.459. The zero-order chi connectivity index (χ0) is 26.2. The molecule has 0 heterocycles. The van der Waals surface area contributed by atoms with Crippen molar-refractivity contribution in [3.05, 3.63) is 145 Å². The summed E-state index contributed by atoms with van der Waals surface area (Å²) in [6.45, 7) is 0.0591. The number of fused-ring (bicyclic) bond motifs is 1. The van der Waals surface area contributed by atoms with Gasteiger partial charge in [0.15, 0.2) is 5.78 Å². The van der Waals surface area contributed by atoms with E-state index >= 15 is 0 Å². The van der Waals surface area contributed by atoms with Crippen LogP contribution in [0.25, 0.3) is 10.8 Å². The number of benzene rings is 5. The third-order valence-electron chi connectivity index (χ3n) is 5.83. The molecule has 0 saturated heterocycles. The third kappa shape index (κ3) is 6.23. The molecule has 1 N–H and O–H groups in total. The predicted octanol–water partition coefficient (Wildman–Crippen LogP) is 8.12. The van der Waals surface area contributed by atoms with Crippen molar-refractivity contribution in [1.29, 1.82) is 0 Å². The Morgan fingerprint density at radius 3 is 1.95 bits per heavy atom. The molecule has 0 fully saturated rings. The number of alkyl carbamates (subject to hydrolysis) is 1. The molecular weight excluding hydrogens is 497 g/mol. The zero-order valence-electron chi connectivity index (χ0n) is 20.5. The summed E-state index contributed by atoms with van der Waals surface area (Å²) in [4.78, 5) is 13.0. The van der Waals surface area contributed by atoms with Gasteiger partial charge in [0.2, 0.25) is 0 Å². The van der Waals surface area contributed by atoms with Crippen LogP contribution in [0.2, 0.25) is 0 Å². The molecule has 7 heteroatoms. The number of carbonyl (C=O) groups is 1. The average Bonchev–Trinajstić information content (AvgIpc) is 2.96. The number of rotatable bonds is 9. The molecule has 0 spiro atoms. The highest BCUT2D eigenvalue weighted by Gasteiger charge is 2.42. The molecule has 5 rings (SSSR count). The van der Waals surface area contributed by atoms with Crippen molar-refractivity contribution in [2.75, 3.05) is 0 Å². The number of amides is 1. The van der Waals surface area contributed by atoms with Gasteiger partial charge in [-0.15, -0.1) is 0 Å². The second-order valence-corrected chi connectivity index (χ2v) is 10.5. The molecule has 0 aromatic heterocycles. The van der Waals surface area contributed by atoms with Crippen LogP contribution in [0.1, 0.15) is 16.9 Å². The van der Waals surface area contributed by atoms with Crippen molar-refractivity contribution >= 4 is 24.5 Å². The monoisotopic (exact) mass is 523 g/mol. The van der Waals surface area contributed by atoms with Crippen molar-refractivity contribution in [3.63, 3.8) is 0 Å². The van der Waals surface area contributed by atoms with Crippen molar-refractivity contribution in [3.8, 4) is 11.5 Å². The summed E-state index contributed by atoms with van der Waals surface area (Å²) in [6, 6.07) is 40.2. The first-order valence-electron chi connectivity index (χ1n) is 12.1. The Morgan fingerprint density at radius 2 is 1.24 bits per heavy atom. The van der Waals surface area contributed by atoms with Gasteiger partial charge in [-0.25, -0.2) is 9.36 Å². The minimum atomic E-state index is -4.13. The van der Waals surface area contributed by atoms with Gasteiger partial charge in [-0.2, -0.15) is 0 Å². The van der Waals surface area contributed by atoms with Gasteiger partial charge in [0.25, 0.3) is 0 Å². The first kappa shape index (κ1) is 25.1. The summed E-state index contributed by atoms with van der Waals surface area (Å²) in [6.07, 6.45) is -0.748. The highest BCUT2D eigenvalue weighted by molar-refractivity contribution is 7.55. The van der Waals surface area contributed by atoms with Gasteiger partial charge in [-0.1, -0.05) is 109 Å². The molecular formula is C31H26NO5P. The minimum Gasteiger partial charge on any atom is -0.445 e. The van der Waals surface area contributed by atoms with Crippen LogP contribution >= 0.6 is 7.60 Å². The van der Waals surface area contributed by atoms with Crippen LogP contribution < -0.4 is 14.4 Å². The van der Waals surface area contributed by atoms with Crippen LogP contribution in [0.4, 0.5) is 4.79 Å². The lowest BCUT2D eigenvalue weighted by Crippen LogP contribution is -2.31. The summed E-state index contributed by atoms with van der Waals surface area (Å²) >= 11 is 0. The number of para-hydroxylation sites is 1. The highest BCUT2D eigenvalue weighted by Crippen LogP contribution is 2.59. The van der Waals surface area contributed by atoms with Crippen LogP contribution in [-0.2, 0) is 15.9 Å².